The Balaban J connectivity index is 2.55. The van der Waals surface area contributed by atoms with E-state index in [0.717, 1.165) is 5.56 Å². The smallest absolute Gasteiger partial charge is 0.307 e. The molecule has 1 aromatic carbocycles. The summed E-state index contributed by atoms with van der Waals surface area (Å²) in [4.78, 5) is 11.2. The molecule has 1 atom stereocenters. The van der Waals surface area contributed by atoms with Crippen LogP contribution in [0.1, 0.15) is 18.9 Å². The predicted molar refractivity (Wildman–Crippen MR) is 69.4 cm³/mol. The summed E-state index contributed by atoms with van der Waals surface area (Å²) in [5, 5.41) is 1.15. The summed E-state index contributed by atoms with van der Waals surface area (Å²) in [6, 6.07) is 4.93. The van der Waals surface area contributed by atoms with E-state index in [0.29, 0.717) is 23.1 Å². The van der Waals surface area contributed by atoms with Gasteiger partial charge in [-0.2, -0.15) is 0 Å². The number of carbonyl (C=O) groups is 1. The van der Waals surface area contributed by atoms with Crippen molar-refractivity contribution >= 4 is 29.2 Å². The van der Waals surface area contributed by atoms with Crippen LogP contribution in [0.15, 0.2) is 18.2 Å². The first-order valence-electron chi connectivity index (χ1n) is 5.38. The molecule has 1 unspecified atom stereocenters. The number of nitrogens with two attached hydrogens (primary N) is 1. The first-order chi connectivity index (χ1) is 8.02. The Labute approximate surface area is 111 Å². The van der Waals surface area contributed by atoms with Gasteiger partial charge in [-0.15, -0.1) is 0 Å². The van der Waals surface area contributed by atoms with E-state index in [9.17, 15) is 4.79 Å². The lowest BCUT2D eigenvalue weighted by Crippen LogP contribution is -2.27. The van der Waals surface area contributed by atoms with E-state index < -0.39 is 0 Å². The molecule has 0 saturated heterocycles. The van der Waals surface area contributed by atoms with Crippen LogP contribution in [0.25, 0.3) is 0 Å². The molecule has 0 fully saturated rings. The molecular formula is C12H15Cl2NO2. The van der Waals surface area contributed by atoms with Crippen molar-refractivity contribution in [3.8, 4) is 0 Å². The summed E-state index contributed by atoms with van der Waals surface area (Å²) in [5.41, 5.74) is 6.73. The lowest BCUT2D eigenvalue weighted by atomic mass is 10.0. The molecule has 0 amide bonds. The monoisotopic (exact) mass is 275 g/mol. The standard InChI is InChI=1S/C12H15Cl2NO2/c1-2-17-12(16)7-10(15)5-8-3-4-9(13)6-11(8)14/h3-4,6,10H,2,5,7,15H2,1H3. The Morgan fingerprint density at radius 1 is 1.47 bits per heavy atom. The Bertz CT molecular complexity index is 396. The molecule has 0 heterocycles. The maximum absolute atomic E-state index is 11.2. The predicted octanol–water partition coefficient (Wildman–Crippen LogP) is 2.82. The third-order valence-corrected chi connectivity index (χ3v) is 2.82. The summed E-state index contributed by atoms with van der Waals surface area (Å²) < 4.78 is 4.83. The minimum atomic E-state index is -0.298. The quantitative estimate of drug-likeness (QED) is 0.841. The van der Waals surface area contributed by atoms with Crippen molar-refractivity contribution in [3.63, 3.8) is 0 Å². The fourth-order valence-electron chi connectivity index (χ4n) is 1.48. The van der Waals surface area contributed by atoms with Gasteiger partial charge in [0, 0.05) is 16.1 Å². The molecule has 0 aliphatic rings. The summed E-state index contributed by atoms with van der Waals surface area (Å²) in [6.07, 6.45) is 0.710. The van der Waals surface area contributed by atoms with Gasteiger partial charge in [-0.3, -0.25) is 4.79 Å². The Morgan fingerprint density at radius 2 is 2.18 bits per heavy atom. The maximum atomic E-state index is 11.2. The van der Waals surface area contributed by atoms with Gasteiger partial charge in [0.25, 0.3) is 0 Å². The van der Waals surface area contributed by atoms with Crippen LogP contribution < -0.4 is 5.73 Å². The minimum absolute atomic E-state index is 0.187. The van der Waals surface area contributed by atoms with Crippen molar-refractivity contribution in [1.29, 1.82) is 0 Å². The van der Waals surface area contributed by atoms with Gasteiger partial charge in [0.15, 0.2) is 0 Å². The molecule has 0 saturated carbocycles. The molecule has 0 aliphatic heterocycles. The number of hydrogen-bond acceptors (Lipinski definition) is 3. The van der Waals surface area contributed by atoms with E-state index in [1.807, 2.05) is 6.07 Å². The molecule has 17 heavy (non-hydrogen) atoms. The summed E-state index contributed by atoms with van der Waals surface area (Å²) in [6.45, 7) is 2.13. The molecule has 1 rings (SSSR count). The van der Waals surface area contributed by atoms with E-state index in [4.69, 9.17) is 33.7 Å². The van der Waals surface area contributed by atoms with Crippen LogP contribution in [-0.4, -0.2) is 18.6 Å². The van der Waals surface area contributed by atoms with Gasteiger partial charge < -0.3 is 10.5 Å². The molecule has 0 radical (unpaired) electrons. The number of esters is 1. The Kier molecular flexibility index (Phi) is 5.75. The van der Waals surface area contributed by atoms with Crippen LogP contribution in [0.3, 0.4) is 0 Å². The molecule has 0 bridgehead atoms. The number of carbonyl (C=O) groups excluding carboxylic acids is 1. The lowest BCUT2D eigenvalue weighted by Gasteiger charge is -2.12. The Hall–Kier alpha value is -0.770. The van der Waals surface area contributed by atoms with Gasteiger partial charge in [0.05, 0.1) is 13.0 Å². The average molecular weight is 276 g/mol. The number of hydrogen-bond donors (Lipinski definition) is 1. The fraction of sp³-hybridized carbons (Fsp3) is 0.417. The van der Waals surface area contributed by atoms with Crippen molar-refractivity contribution in [2.75, 3.05) is 6.61 Å². The van der Waals surface area contributed by atoms with Crippen molar-refractivity contribution in [2.24, 2.45) is 5.73 Å². The molecule has 0 aromatic heterocycles. The molecule has 2 N–H and O–H groups in total. The zero-order valence-electron chi connectivity index (χ0n) is 9.58. The van der Waals surface area contributed by atoms with Crippen molar-refractivity contribution in [2.45, 2.75) is 25.8 Å². The van der Waals surface area contributed by atoms with E-state index in [2.05, 4.69) is 0 Å². The van der Waals surface area contributed by atoms with Crippen molar-refractivity contribution in [1.82, 2.24) is 0 Å². The number of halogens is 2. The van der Waals surface area contributed by atoms with Crippen molar-refractivity contribution < 1.29 is 9.53 Å². The highest BCUT2D eigenvalue weighted by Crippen LogP contribution is 2.22. The van der Waals surface area contributed by atoms with Crippen LogP contribution in [0.4, 0.5) is 0 Å². The highest BCUT2D eigenvalue weighted by atomic mass is 35.5. The Morgan fingerprint density at radius 3 is 2.76 bits per heavy atom. The lowest BCUT2D eigenvalue weighted by molar-refractivity contribution is -0.143. The highest BCUT2D eigenvalue weighted by molar-refractivity contribution is 6.35. The third kappa shape index (κ3) is 4.94. The summed E-state index contributed by atoms with van der Waals surface area (Å²) in [5.74, 6) is -0.287. The van der Waals surface area contributed by atoms with Gasteiger partial charge >= 0.3 is 5.97 Å². The van der Waals surface area contributed by atoms with Gasteiger partial charge in [-0.05, 0) is 31.0 Å². The van der Waals surface area contributed by atoms with E-state index >= 15 is 0 Å². The van der Waals surface area contributed by atoms with Crippen LogP contribution in [0.2, 0.25) is 10.0 Å². The largest absolute Gasteiger partial charge is 0.466 e. The van der Waals surface area contributed by atoms with Crippen LogP contribution >= 0.6 is 23.2 Å². The summed E-state index contributed by atoms with van der Waals surface area (Å²) >= 11 is 11.8. The topological polar surface area (TPSA) is 52.3 Å². The molecule has 5 heteroatoms. The van der Waals surface area contributed by atoms with Gasteiger partial charge in [0.1, 0.15) is 0 Å². The van der Waals surface area contributed by atoms with Crippen LogP contribution in [0.5, 0.6) is 0 Å². The first kappa shape index (κ1) is 14.3. The van der Waals surface area contributed by atoms with Gasteiger partial charge in [-0.1, -0.05) is 29.3 Å². The number of benzene rings is 1. The zero-order valence-corrected chi connectivity index (χ0v) is 11.1. The molecule has 3 nitrogen and oxygen atoms in total. The minimum Gasteiger partial charge on any atom is -0.466 e. The van der Waals surface area contributed by atoms with Crippen molar-refractivity contribution in [3.05, 3.63) is 33.8 Å². The highest BCUT2D eigenvalue weighted by Gasteiger charge is 2.12. The fourth-order valence-corrected chi connectivity index (χ4v) is 1.96. The second kappa shape index (κ2) is 6.84. The third-order valence-electron chi connectivity index (χ3n) is 2.23. The first-order valence-corrected chi connectivity index (χ1v) is 6.13. The van der Waals surface area contributed by atoms with Crippen LogP contribution in [0, 0.1) is 0 Å². The van der Waals surface area contributed by atoms with Crippen LogP contribution in [-0.2, 0) is 16.0 Å². The molecule has 0 aliphatic carbocycles. The second-order valence-corrected chi connectivity index (χ2v) is 4.55. The average Bonchev–Trinajstić information content (AvgIpc) is 2.22. The zero-order chi connectivity index (χ0) is 12.8. The maximum Gasteiger partial charge on any atom is 0.307 e. The van der Waals surface area contributed by atoms with Gasteiger partial charge in [0.2, 0.25) is 0 Å². The molecule has 0 spiro atoms. The number of ether oxygens (including phenoxy) is 1. The molecule has 94 valence electrons. The van der Waals surface area contributed by atoms with E-state index in [1.54, 1.807) is 19.1 Å². The second-order valence-electron chi connectivity index (χ2n) is 3.71. The number of rotatable bonds is 5. The van der Waals surface area contributed by atoms with E-state index in [1.165, 1.54) is 0 Å². The summed E-state index contributed by atoms with van der Waals surface area (Å²) in [7, 11) is 0. The molecule has 1 aromatic rings. The normalized spacial score (nSPS) is 12.2. The molecular weight excluding hydrogens is 261 g/mol. The SMILES string of the molecule is CCOC(=O)CC(N)Cc1ccc(Cl)cc1Cl. The van der Waals surface area contributed by atoms with E-state index in [-0.39, 0.29) is 18.4 Å². The van der Waals surface area contributed by atoms with Gasteiger partial charge in [-0.25, -0.2) is 0 Å².